The summed E-state index contributed by atoms with van der Waals surface area (Å²) in [6, 6.07) is 8.28. The van der Waals surface area contributed by atoms with Crippen molar-refractivity contribution in [3.63, 3.8) is 0 Å². The molecule has 0 amide bonds. The second kappa shape index (κ2) is 5.35. The van der Waals surface area contributed by atoms with Crippen molar-refractivity contribution in [1.29, 1.82) is 0 Å². The van der Waals surface area contributed by atoms with Gasteiger partial charge in [-0.1, -0.05) is 25.5 Å². The van der Waals surface area contributed by atoms with Crippen molar-refractivity contribution in [3.05, 3.63) is 29.8 Å². The molecular formula is C14H22N2. The molecule has 0 saturated carbocycles. The molecule has 1 heterocycles. The van der Waals surface area contributed by atoms with Gasteiger partial charge in [0.15, 0.2) is 0 Å². The third-order valence-electron chi connectivity index (χ3n) is 3.57. The van der Waals surface area contributed by atoms with Gasteiger partial charge in [0.2, 0.25) is 0 Å². The van der Waals surface area contributed by atoms with Crippen LogP contribution in [0.25, 0.3) is 0 Å². The third-order valence-corrected chi connectivity index (χ3v) is 3.57. The largest absolute Gasteiger partial charge is 0.399 e. The highest BCUT2D eigenvalue weighted by Crippen LogP contribution is 2.20. The fraction of sp³-hybridized carbons (Fsp3) is 0.571. The number of anilines is 1. The number of piperidine rings is 1. The van der Waals surface area contributed by atoms with Crippen LogP contribution in [0, 0.1) is 5.92 Å². The zero-order valence-electron chi connectivity index (χ0n) is 10.2. The molecule has 2 N–H and O–H groups in total. The number of benzene rings is 1. The molecule has 2 nitrogen and oxygen atoms in total. The van der Waals surface area contributed by atoms with Crippen LogP contribution in [-0.2, 0) is 6.54 Å². The Balaban J connectivity index is 1.91. The van der Waals surface area contributed by atoms with Gasteiger partial charge in [0.05, 0.1) is 0 Å². The Kier molecular flexibility index (Phi) is 3.83. The summed E-state index contributed by atoms with van der Waals surface area (Å²) in [5, 5.41) is 0. The average molecular weight is 218 g/mol. The molecule has 88 valence electrons. The number of hydrogen-bond acceptors (Lipinski definition) is 2. The van der Waals surface area contributed by atoms with Crippen LogP contribution < -0.4 is 5.73 Å². The van der Waals surface area contributed by atoms with E-state index in [2.05, 4.69) is 24.0 Å². The van der Waals surface area contributed by atoms with Crippen molar-refractivity contribution in [2.24, 2.45) is 5.92 Å². The Morgan fingerprint density at radius 3 is 2.75 bits per heavy atom. The first-order chi connectivity index (χ1) is 7.78. The Bertz CT molecular complexity index is 318. The van der Waals surface area contributed by atoms with Crippen molar-refractivity contribution in [2.75, 3.05) is 18.8 Å². The van der Waals surface area contributed by atoms with Gasteiger partial charge in [-0.05, 0) is 43.0 Å². The van der Waals surface area contributed by atoms with Gasteiger partial charge in [0.25, 0.3) is 0 Å². The minimum atomic E-state index is 0.855. The number of nitrogens with zero attached hydrogens (tertiary/aromatic N) is 1. The highest BCUT2D eigenvalue weighted by molar-refractivity contribution is 5.39. The molecule has 2 rings (SSSR count). The molecule has 0 radical (unpaired) electrons. The first kappa shape index (κ1) is 11.5. The summed E-state index contributed by atoms with van der Waals surface area (Å²) in [4.78, 5) is 2.57. The molecule has 1 aromatic carbocycles. The van der Waals surface area contributed by atoms with Crippen molar-refractivity contribution in [1.82, 2.24) is 4.90 Å². The van der Waals surface area contributed by atoms with E-state index in [9.17, 15) is 0 Å². The predicted molar refractivity (Wildman–Crippen MR) is 69.1 cm³/mol. The number of hydrogen-bond donors (Lipinski definition) is 1. The summed E-state index contributed by atoms with van der Waals surface area (Å²) in [6.45, 7) is 5.90. The molecule has 16 heavy (non-hydrogen) atoms. The molecule has 0 spiro atoms. The molecule has 1 fully saturated rings. The molecule has 0 aliphatic carbocycles. The fourth-order valence-corrected chi connectivity index (χ4v) is 2.51. The highest BCUT2D eigenvalue weighted by Gasteiger charge is 2.18. The Labute approximate surface area is 98.4 Å². The molecule has 1 unspecified atom stereocenters. The summed E-state index contributed by atoms with van der Waals surface area (Å²) in [5.41, 5.74) is 7.93. The lowest BCUT2D eigenvalue weighted by atomic mass is 9.95. The molecular weight excluding hydrogens is 196 g/mol. The van der Waals surface area contributed by atoms with Crippen LogP contribution in [0.15, 0.2) is 24.3 Å². The molecule has 0 aromatic heterocycles. The SMILES string of the molecule is CCC1CCCN(Cc2ccc(N)cc2)C1. The van der Waals surface area contributed by atoms with E-state index in [0.29, 0.717) is 0 Å². The van der Waals surface area contributed by atoms with Gasteiger partial charge >= 0.3 is 0 Å². The number of nitrogens with two attached hydrogens (primary N) is 1. The minimum absolute atomic E-state index is 0.855. The van der Waals surface area contributed by atoms with Crippen LogP contribution in [0.3, 0.4) is 0 Å². The van der Waals surface area contributed by atoms with Gasteiger partial charge in [0, 0.05) is 18.8 Å². The van der Waals surface area contributed by atoms with Crippen molar-refractivity contribution in [2.45, 2.75) is 32.7 Å². The van der Waals surface area contributed by atoms with Crippen molar-refractivity contribution < 1.29 is 0 Å². The smallest absolute Gasteiger partial charge is 0.0314 e. The lowest BCUT2D eigenvalue weighted by Gasteiger charge is -2.32. The maximum absolute atomic E-state index is 5.69. The van der Waals surface area contributed by atoms with Gasteiger partial charge in [-0.25, -0.2) is 0 Å². The van der Waals surface area contributed by atoms with Gasteiger partial charge < -0.3 is 5.73 Å². The second-order valence-electron chi connectivity index (χ2n) is 4.89. The Hall–Kier alpha value is -1.02. The lowest BCUT2D eigenvalue weighted by Crippen LogP contribution is -2.34. The van der Waals surface area contributed by atoms with Crippen LogP contribution in [0.4, 0.5) is 5.69 Å². The van der Waals surface area contributed by atoms with E-state index in [1.165, 1.54) is 37.9 Å². The van der Waals surface area contributed by atoms with Crippen LogP contribution in [0.2, 0.25) is 0 Å². The van der Waals surface area contributed by atoms with E-state index in [1.807, 2.05) is 12.1 Å². The topological polar surface area (TPSA) is 29.3 Å². The molecule has 1 saturated heterocycles. The molecule has 0 bridgehead atoms. The molecule has 1 aliphatic heterocycles. The predicted octanol–water partition coefficient (Wildman–Crippen LogP) is 2.89. The highest BCUT2D eigenvalue weighted by atomic mass is 15.1. The number of rotatable bonds is 3. The molecule has 2 heteroatoms. The van der Waals surface area contributed by atoms with Crippen LogP contribution >= 0.6 is 0 Å². The van der Waals surface area contributed by atoms with E-state index in [4.69, 9.17) is 5.73 Å². The Morgan fingerprint density at radius 2 is 2.06 bits per heavy atom. The molecule has 1 atom stereocenters. The number of nitrogen functional groups attached to an aromatic ring is 1. The van der Waals surface area contributed by atoms with Gasteiger partial charge in [0.1, 0.15) is 0 Å². The van der Waals surface area contributed by atoms with Gasteiger partial charge in [-0.15, -0.1) is 0 Å². The first-order valence-electron chi connectivity index (χ1n) is 6.34. The Morgan fingerprint density at radius 1 is 1.31 bits per heavy atom. The molecule has 1 aromatic rings. The van der Waals surface area contributed by atoms with Crippen molar-refractivity contribution in [3.8, 4) is 0 Å². The van der Waals surface area contributed by atoms with Crippen molar-refractivity contribution >= 4 is 5.69 Å². The average Bonchev–Trinajstić information content (AvgIpc) is 2.32. The standard InChI is InChI=1S/C14H22N2/c1-2-12-4-3-9-16(10-12)11-13-5-7-14(15)8-6-13/h5-8,12H,2-4,9-11,15H2,1H3. The zero-order chi connectivity index (χ0) is 11.4. The quantitative estimate of drug-likeness (QED) is 0.790. The van der Waals surface area contributed by atoms with E-state index < -0.39 is 0 Å². The van der Waals surface area contributed by atoms with E-state index >= 15 is 0 Å². The van der Waals surface area contributed by atoms with E-state index in [-0.39, 0.29) is 0 Å². The maximum Gasteiger partial charge on any atom is 0.0314 e. The maximum atomic E-state index is 5.69. The van der Waals surface area contributed by atoms with Crippen LogP contribution in [0.1, 0.15) is 31.7 Å². The number of likely N-dealkylation sites (tertiary alicyclic amines) is 1. The second-order valence-corrected chi connectivity index (χ2v) is 4.89. The third kappa shape index (κ3) is 2.99. The lowest BCUT2D eigenvalue weighted by molar-refractivity contribution is 0.165. The fourth-order valence-electron chi connectivity index (χ4n) is 2.51. The van der Waals surface area contributed by atoms with Crippen LogP contribution in [0.5, 0.6) is 0 Å². The summed E-state index contributed by atoms with van der Waals surface area (Å²) >= 11 is 0. The summed E-state index contributed by atoms with van der Waals surface area (Å²) in [7, 11) is 0. The summed E-state index contributed by atoms with van der Waals surface area (Å²) in [6.07, 6.45) is 4.08. The first-order valence-corrected chi connectivity index (χ1v) is 6.34. The van der Waals surface area contributed by atoms with E-state index in [1.54, 1.807) is 0 Å². The summed E-state index contributed by atoms with van der Waals surface area (Å²) < 4.78 is 0. The monoisotopic (exact) mass is 218 g/mol. The zero-order valence-corrected chi connectivity index (χ0v) is 10.2. The molecule has 1 aliphatic rings. The van der Waals surface area contributed by atoms with Gasteiger partial charge in [-0.3, -0.25) is 4.90 Å². The van der Waals surface area contributed by atoms with Gasteiger partial charge in [-0.2, -0.15) is 0 Å². The summed E-state index contributed by atoms with van der Waals surface area (Å²) in [5.74, 6) is 0.905. The van der Waals surface area contributed by atoms with E-state index in [0.717, 1.165) is 18.2 Å². The minimum Gasteiger partial charge on any atom is -0.399 e. The van der Waals surface area contributed by atoms with Crippen LogP contribution in [-0.4, -0.2) is 18.0 Å². The normalized spacial score (nSPS) is 22.2.